The third kappa shape index (κ3) is 7.44. The van der Waals surface area contributed by atoms with Gasteiger partial charge >= 0.3 is 0 Å². The molecule has 0 amide bonds. The molecule has 0 aliphatic carbocycles. The van der Waals surface area contributed by atoms with Crippen LogP contribution >= 0.6 is 0 Å². The Morgan fingerprint density at radius 1 is 1.00 bits per heavy atom. The van der Waals surface area contributed by atoms with Crippen molar-refractivity contribution in [2.45, 2.75) is 33.5 Å². The van der Waals surface area contributed by atoms with E-state index < -0.39 is 6.29 Å². The maximum absolute atomic E-state index is 11.5. The molecule has 5 heteroatoms. The number of ether oxygens (including phenoxy) is 2. The first-order valence-electron chi connectivity index (χ1n) is 5.26. The Morgan fingerprint density at radius 3 is 2.07 bits per heavy atom. The molecule has 0 aliphatic rings. The molecule has 0 heterocycles. The van der Waals surface area contributed by atoms with Crippen LogP contribution in [-0.2, 0) is 24.0 Å². The molecule has 0 spiro atoms. The van der Waals surface area contributed by atoms with Crippen LogP contribution in [0.15, 0.2) is 0 Å². The molecule has 0 aromatic carbocycles. The molecule has 0 N–H and O–H groups in total. The average Bonchev–Trinajstić information content (AvgIpc) is 2.24. The van der Waals surface area contributed by atoms with Crippen LogP contribution in [0.5, 0.6) is 0 Å². The van der Waals surface area contributed by atoms with Crippen molar-refractivity contribution in [3.8, 4) is 0 Å². The number of Topliss-reactive ketones (excluding diaryl/α,β-unsaturated/α-hetero) is 1. The highest BCUT2D eigenvalue weighted by Gasteiger charge is 2.18. The van der Waals surface area contributed by atoms with Gasteiger partial charge in [-0.05, 0) is 20.8 Å². The highest BCUT2D eigenvalue weighted by molar-refractivity contribution is 5.81. The smallest absolute Gasteiger partial charge is 0.217 e. The molecule has 90 valence electrons. The molecule has 0 radical (unpaired) electrons. The summed E-state index contributed by atoms with van der Waals surface area (Å²) in [5.41, 5.74) is 0. The Bertz CT molecular complexity index is 154. The SMILES string of the molecule is CCOOCCC(=O)C(OCC)OCC. The predicted octanol–water partition coefficient (Wildman–Crippen LogP) is 1.31. The summed E-state index contributed by atoms with van der Waals surface area (Å²) in [7, 11) is 0. The lowest BCUT2D eigenvalue weighted by molar-refractivity contribution is -0.291. The van der Waals surface area contributed by atoms with Gasteiger partial charge < -0.3 is 9.47 Å². The van der Waals surface area contributed by atoms with Gasteiger partial charge in [-0.25, -0.2) is 9.78 Å². The Labute approximate surface area is 90.6 Å². The number of carbonyl (C=O) groups is 1. The van der Waals surface area contributed by atoms with Gasteiger partial charge in [0.1, 0.15) is 0 Å². The molecule has 0 saturated heterocycles. The summed E-state index contributed by atoms with van der Waals surface area (Å²) in [6.45, 7) is 7.03. The number of ketones is 1. The number of hydrogen-bond donors (Lipinski definition) is 0. The summed E-state index contributed by atoms with van der Waals surface area (Å²) in [6.07, 6.45) is -0.546. The highest BCUT2D eigenvalue weighted by Crippen LogP contribution is 2.01. The molecule has 0 fully saturated rings. The maximum atomic E-state index is 11.5. The number of carbonyl (C=O) groups excluding carboxylic acids is 1. The molecule has 0 aromatic rings. The predicted molar refractivity (Wildman–Crippen MR) is 54.2 cm³/mol. The lowest BCUT2D eigenvalue weighted by atomic mass is 10.3. The van der Waals surface area contributed by atoms with Gasteiger partial charge in [0.25, 0.3) is 0 Å². The first-order valence-corrected chi connectivity index (χ1v) is 5.26. The van der Waals surface area contributed by atoms with Crippen molar-refractivity contribution in [3.63, 3.8) is 0 Å². The summed E-state index contributed by atoms with van der Waals surface area (Å²) in [5, 5.41) is 0. The molecule has 0 rings (SSSR count). The van der Waals surface area contributed by atoms with Gasteiger partial charge in [-0.2, -0.15) is 0 Å². The van der Waals surface area contributed by atoms with E-state index in [1.54, 1.807) is 0 Å². The van der Waals surface area contributed by atoms with E-state index in [2.05, 4.69) is 4.89 Å². The van der Waals surface area contributed by atoms with Crippen molar-refractivity contribution < 1.29 is 24.0 Å². The summed E-state index contributed by atoms with van der Waals surface area (Å²) in [5.74, 6) is -0.126. The first kappa shape index (κ1) is 14.5. The molecule has 0 aromatic heterocycles. The lowest BCUT2D eigenvalue weighted by Gasteiger charge is -2.15. The van der Waals surface area contributed by atoms with Crippen molar-refractivity contribution in [1.82, 2.24) is 0 Å². The van der Waals surface area contributed by atoms with E-state index in [-0.39, 0.29) is 18.8 Å². The fourth-order valence-electron chi connectivity index (χ4n) is 0.939. The Balaban J connectivity index is 3.70. The minimum Gasteiger partial charge on any atom is -0.346 e. The Hall–Kier alpha value is -0.490. The largest absolute Gasteiger partial charge is 0.346 e. The lowest BCUT2D eigenvalue weighted by Crippen LogP contribution is -2.28. The summed E-state index contributed by atoms with van der Waals surface area (Å²) < 4.78 is 10.3. The molecule has 15 heavy (non-hydrogen) atoms. The molecule has 0 aliphatic heterocycles. The van der Waals surface area contributed by atoms with Crippen molar-refractivity contribution in [2.75, 3.05) is 26.4 Å². The van der Waals surface area contributed by atoms with Crippen molar-refractivity contribution in [2.24, 2.45) is 0 Å². The zero-order valence-electron chi connectivity index (χ0n) is 9.65. The zero-order chi connectivity index (χ0) is 11.5. The zero-order valence-corrected chi connectivity index (χ0v) is 9.65. The van der Waals surface area contributed by atoms with E-state index in [1.165, 1.54) is 0 Å². The first-order chi connectivity index (χ1) is 7.26. The number of rotatable bonds is 10. The van der Waals surface area contributed by atoms with E-state index in [0.29, 0.717) is 19.8 Å². The van der Waals surface area contributed by atoms with Gasteiger partial charge in [-0.3, -0.25) is 4.79 Å². The van der Waals surface area contributed by atoms with Gasteiger partial charge in [0.15, 0.2) is 5.78 Å². The van der Waals surface area contributed by atoms with Crippen LogP contribution in [0.25, 0.3) is 0 Å². The molecular weight excluding hydrogens is 200 g/mol. The van der Waals surface area contributed by atoms with Crippen LogP contribution in [0.2, 0.25) is 0 Å². The summed E-state index contributed by atoms with van der Waals surface area (Å²) in [6, 6.07) is 0. The third-order valence-corrected chi connectivity index (χ3v) is 1.53. The van der Waals surface area contributed by atoms with E-state index in [4.69, 9.17) is 14.4 Å². The molecular formula is C10H20O5. The second-order valence-corrected chi connectivity index (χ2v) is 2.69. The molecule has 0 saturated carbocycles. The molecule has 0 unspecified atom stereocenters. The van der Waals surface area contributed by atoms with E-state index in [0.717, 1.165) is 0 Å². The second kappa shape index (κ2) is 10.0. The molecule has 0 bridgehead atoms. The summed E-state index contributed by atoms with van der Waals surface area (Å²) in [4.78, 5) is 20.9. The normalized spacial score (nSPS) is 10.9. The minimum absolute atomic E-state index is 0.126. The van der Waals surface area contributed by atoms with Crippen molar-refractivity contribution >= 4 is 5.78 Å². The number of hydrogen-bond acceptors (Lipinski definition) is 5. The minimum atomic E-state index is -0.773. The van der Waals surface area contributed by atoms with Crippen LogP contribution in [0.1, 0.15) is 27.2 Å². The quantitative estimate of drug-likeness (QED) is 0.240. The maximum Gasteiger partial charge on any atom is 0.217 e. The van der Waals surface area contributed by atoms with Gasteiger partial charge in [0, 0.05) is 19.6 Å². The van der Waals surface area contributed by atoms with Crippen molar-refractivity contribution in [1.29, 1.82) is 0 Å². The van der Waals surface area contributed by atoms with Crippen LogP contribution in [0.3, 0.4) is 0 Å². The van der Waals surface area contributed by atoms with Gasteiger partial charge in [0.05, 0.1) is 13.2 Å². The second-order valence-electron chi connectivity index (χ2n) is 2.69. The fourth-order valence-corrected chi connectivity index (χ4v) is 0.939. The van der Waals surface area contributed by atoms with E-state index >= 15 is 0 Å². The van der Waals surface area contributed by atoms with Crippen molar-refractivity contribution in [3.05, 3.63) is 0 Å². The summed E-state index contributed by atoms with van der Waals surface area (Å²) >= 11 is 0. The Kier molecular flexibility index (Phi) is 9.71. The van der Waals surface area contributed by atoms with Crippen LogP contribution < -0.4 is 0 Å². The monoisotopic (exact) mass is 220 g/mol. The standard InChI is InChI=1S/C10H20O5/c1-4-12-10(13-5-2)9(11)7-8-15-14-6-3/h10H,4-8H2,1-3H3. The topological polar surface area (TPSA) is 54.0 Å². The molecule has 5 nitrogen and oxygen atoms in total. The van der Waals surface area contributed by atoms with Crippen LogP contribution in [0.4, 0.5) is 0 Å². The average molecular weight is 220 g/mol. The van der Waals surface area contributed by atoms with E-state index in [1.807, 2.05) is 20.8 Å². The Morgan fingerprint density at radius 2 is 1.60 bits per heavy atom. The fraction of sp³-hybridized carbons (Fsp3) is 0.900. The van der Waals surface area contributed by atoms with Gasteiger partial charge in [-0.1, -0.05) is 0 Å². The van der Waals surface area contributed by atoms with Gasteiger partial charge in [0.2, 0.25) is 6.29 Å². The molecule has 0 atom stereocenters. The van der Waals surface area contributed by atoms with Gasteiger partial charge in [-0.15, -0.1) is 0 Å². The highest BCUT2D eigenvalue weighted by atomic mass is 17.2. The van der Waals surface area contributed by atoms with Crippen LogP contribution in [-0.4, -0.2) is 38.5 Å². The third-order valence-electron chi connectivity index (χ3n) is 1.53. The van der Waals surface area contributed by atoms with Crippen LogP contribution in [0, 0.1) is 0 Å². The van der Waals surface area contributed by atoms with E-state index in [9.17, 15) is 4.79 Å².